The van der Waals surface area contributed by atoms with Gasteiger partial charge in [-0.3, -0.25) is 0 Å². The van der Waals surface area contributed by atoms with Crippen LogP contribution in [0.25, 0.3) is 0 Å². The van der Waals surface area contributed by atoms with Crippen LogP contribution in [0.4, 0.5) is 0 Å². The molecule has 1 aliphatic heterocycles. The molecule has 2 rings (SSSR count). The Morgan fingerprint density at radius 1 is 1.47 bits per heavy atom. The number of hydrogen-bond acceptors (Lipinski definition) is 3. The molecule has 0 unspecified atom stereocenters. The van der Waals surface area contributed by atoms with Crippen molar-refractivity contribution in [2.45, 2.75) is 6.54 Å². The Hall–Kier alpha value is -0.640. The third-order valence-corrected chi connectivity index (χ3v) is 2.48. The molecule has 15 heavy (non-hydrogen) atoms. The lowest BCUT2D eigenvalue weighted by molar-refractivity contribution is 0.325. The van der Waals surface area contributed by atoms with E-state index >= 15 is 0 Å². The van der Waals surface area contributed by atoms with Gasteiger partial charge in [-0.25, -0.2) is 0 Å². The van der Waals surface area contributed by atoms with Crippen molar-refractivity contribution >= 4 is 24.0 Å². The molecule has 0 bridgehead atoms. The molecule has 1 aromatic carbocycles. The van der Waals surface area contributed by atoms with Gasteiger partial charge in [-0.15, -0.1) is 12.4 Å². The molecular weight excluding hydrogens is 237 g/mol. The van der Waals surface area contributed by atoms with Gasteiger partial charge in [0.1, 0.15) is 18.1 Å². The van der Waals surface area contributed by atoms with Gasteiger partial charge in [0.15, 0.2) is 0 Å². The highest BCUT2D eigenvalue weighted by atomic mass is 35.5. The Bertz CT molecular complexity index is 344. The standard InChI is InChI=1S/C10H12ClNO2.ClH/c1-13-10-4-7-6-12-2-3-14-9(7)5-8(10)11;/h4-5,12H,2-3,6H2,1H3;1H. The van der Waals surface area contributed by atoms with Gasteiger partial charge >= 0.3 is 0 Å². The van der Waals surface area contributed by atoms with Gasteiger partial charge in [-0.2, -0.15) is 0 Å². The van der Waals surface area contributed by atoms with Gasteiger partial charge in [0, 0.05) is 24.7 Å². The number of fused-ring (bicyclic) bond motifs is 1. The van der Waals surface area contributed by atoms with E-state index in [1.54, 1.807) is 7.11 Å². The maximum atomic E-state index is 5.99. The van der Waals surface area contributed by atoms with Gasteiger partial charge in [-0.1, -0.05) is 11.6 Å². The van der Waals surface area contributed by atoms with Crippen molar-refractivity contribution < 1.29 is 9.47 Å². The Labute approximate surface area is 100 Å². The Balaban J connectivity index is 0.00000112. The van der Waals surface area contributed by atoms with E-state index in [0.717, 1.165) is 24.4 Å². The van der Waals surface area contributed by atoms with Gasteiger partial charge in [0.05, 0.1) is 12.1 Å². The number of methoxy groups -OCH3 is 1. The van der Waals surface area contributed by atoms with Gasteiger partial charge < -0.3 is 14.8 Å². The second-order valence-corrected chi connectivity index (χ2v) is 3.53. The predicted molar refractivity (Wildman–Crippen MR) is 62.5 cm³/mol. The van der Waals surface area contributed by atoms with Crippen molar-refractivity contribution in [3.63, 3.8) is 0 Å². The fourth-order valence-electron chi connectivity index (χ4n) is 1.46. The third-order valence-electron chi connectivity index (χ3n) is 2.19. The van der Waals surface area contributed by atoms with E-state index in [4.69, 9.17) is 21.1 Å². The maximum absolute atomic E-state index is 5.99. The molecular formula is C10H13Cl2NO2. The van der Waals surface area contributed by atoms with Crippen LogP contribution in [-0.2, 0) is 6.54 Å². The lowest BCUT2D eigenvalue weighted by atomic mass is 10.2. The first-order valence-corrected chi connectivity index (χ1v) is 4.89. The first kappa shape index (κ1) is 12.4. The minimum absolute atomic E-state index is 0. The number of rotatable bonds is 1. The van der Waals surface area contributed by atoms with Crippen molar-refractivity contribution in [1.29, 1.82) is 0 Å². The minimum atomic E-state index is 0. The molecule has 1 heterocycles. The molecule has 1 N–H and O–H groups in total. The molecule has 0 atom stereocenters. The van der Waals surface area contributed by atoms with E-state index in [1.807, 2.05) is 12.1 Å². The number of benzene rings is 1. The molecule has 1 aliphatic rings. The number of nitrogens with one attached hydrogen (secondary N) is 1. The van der Waals surface area contributed by atoms with Crippen LogP contribution in [0.2, 0.25) is 5.02 Å². The summed E-state index contributed by atoms with van der Waals surface area (Å²) in [5.74, 6) is 1.54. The van der Waals surface area contributed by atoms with Crippen LogP contribution in [-0.4, -0.2) is 20.3 Å². The fraction of sp³-hybridized carbons (Fsp3) is 0.400. The van der Waals surface area contributed by atoms with E-state index in [1.165, 1.54) is 0 Å². The van der Waals surface area contributed by atoms with Crippen LogP contribution >= 0.6 is 24.0 Å². The van der Waals surface area contributed by atoms with E-state index in [-0.39, 0.29) is 12.4 Å². The first-order valence-electron chi connectivity index (χ1n) is 4.51. The van der Waals surface area contributed by atoms with Crippen molar-refractivity contribution in [2.75, 3.05) is 20.3 Å². The van der Waals surface area contributed by atoms with E-state index in [2.05, 4.69) is 5.32 Å². The lowest BCUT2D eigenvalue weighted by Crippen LogP contribution is -2.16. The molecule has 0 saturated carbocycles. The average molecular weight is 250 g/mol. The summed E-state index contributed by atoms with van der Waals surface area (Å²) in [6, 6.07) is 3.72. The van der Waals surface area contributed by atoms with Crippen molar-refractivity contribution in [3.05, 3.63) is 22.7 Å². The van der Waals surface area contributed by atoms with Crippen LogP contribution in [0, 0.1) is 0 Å². The molecule has 0 aliphatic carbocycles. The average Bonchev–Trinajstić information content (AvgIpc) is 2.41. The van der Waals surface area contributed by atoms with Gasteiger partial charge in [0.2, 0.25) is 0 Å². The first-order chi connectivity index (χ1) is 6.81. The zero-order valence-corrected chi connectivity index (χ0v) is 9.95. The Morgan fingerprint density at radius 3 is 3.00 bits per heavy atom. The topological polar surface area (TPSA) is 30.5 Å². The summed E-state index contributed by atoms with van der Waals surface area (Å²) in [4.78, 5) is 0. The number of ether oxygens (including phenoxy) is 2. The van der Waals surface area contributed by atoms with E-state index in [9.17, 15) is 0 Å². The van der Waals surface area contributed by atoms with E-state index < -0.39 is 0 Å². The molecule has 0 spiro atoms. The number of hydrogen-bond donors (Lipinski definition) is 1. The van der Waals surface area contributed by atoms with Crippen LogP contribution in [0.15, 0.2) is 12.1 Å². The second kappa shape index (κ2) is 5.45. The predicted octanol–water partition coefficient (Wildman–Crippen LogP) is 2.25. The quantitative estimate of drug-likeness (QED) is 0.829. The Kier molecular flexibility index (Phi) is 4.51. The largest absolute Gasteiger partial charge is 0.495 e. The highest BCUT2D eigenvalue weighted by Crippen LogP contribution is 2.32. The van der Waals surface area contributed by atoms with Gasteiger partial charge in [0.25, 0.3) is 0 Å². The van der Waals surface area contributed by atoms with Crippen molar-refractivity contribution in [3.8, 4) is 11.5 Å². The van der Waals surface area contributed by atoms with Crippen LogP contribution in [0.1, 0.15) is 5.56 Å². The molecule has 0 saturated heterocycles. The van der Waals surface area contributed by atoms with Crippen molar-refractivity contribution in [2.24, 2.45) is 0 Å². The summed E-state index contributed by atoms with van der Waals surface area (Å²) in [6.45, 7) is 2.33. The zero-order chi connectivity index (χ0) is 9.97. The fourth-order valence-corrected chi connectivity index (χ4v) is 1.69. The third kappa shape index (κ3) is 2.68. The molecule has 0 radical (unpaired) electrons. The molecule has 0 fully saturated rings. The Morgan fingerprint density at radius 2 is 2.27 bits per heavy atom. The monoisotopic (exact) mass is 249 g/mol. The molecule has 3 nitrogen and oxygen atoms in total. The minimum Gasteiger partial charge on any atom is -0.495 e. The summed E-state index contributed by atoms with van der Waals surface area (Å²) in [5, 5.41) is 3.84. The molecule has 0 aromatic heterocycles. The summed E-state index contributed by atoms with van der Waals surface area (Å²) < 4.78 is 10.7. The van der Waals surface area contributed by atoms with Crippen LogP contribution in [0.5, 0.6) is 11.5 Å². The molecule has 1 aromatic rings. The van der Waals surface area contributed by atoms with Crippen LogP contribution < -0.4 is 14.8 Å². The second-order valence-electron chi connectivity index (χ2n) is 3.12. The zero-order valence-electron chi connectivity index (χ0n) is 8.38. The summed E-state index contributed by atoms with van der Waals surface area (Å²) in [5.41, 5.74) is 1.09. The summed E-state index contributed by atoms with van der Waals surface area (Å²) in [7, 11) is 1.61. The normalized spacial score (nSPS) is 14.3. The summed E-state index contributed by atoms with van der Waals surface area (Å²) >= 11 is 5.99. The molecule has 84 valence electrons. The molecule has 5 heteroatoms. The number of halogens is 2. The van der Waals surface area contributed by atoms with Crippen molar-refractivity contribution in [1.82, 2.24) is 5.32 Å². The summed E-state index contributed by atoms with van der Waals surface area (Å²) in [6.07, 6.45) is 0. The van der Waals surface area contributed by atoms with Gasteiger partial charge in [-0.05, 0) is 6.07 Å². The van der Waals surface area contributed by atoms with Crippen LogP contribution in [0.3, 0.4) is 0 Å². The maximum Gasteiger partial charge on any atom is 0.138 e. The highest BCUT2D eigenvalue weighted by Gasteiger charge is 2.12. The van der Waals surface area contributed by atoms with E-state index in [0.29, 0.717) is 17.4 Å². The molecule has 0 amide bonds. The lowest BCUT2D eigenvalue weighted by Gasteiger charge is -2.10. The highest BCUT2D eigenvalue weighted by molar-refractivity contribution is 6.32. The SMILES string of the molecule is COc1cc2c(cc1Cl)OCCNC2.Cl. The smallest absolute Gasteiger partial charge is 0.138 e.